The molecule has 17 heavy (non-hydrogen) atoms. The molecule has 98 valence electrons. The lowest BCUT2D eigenvalue weighted by Crippen LogP contribution is -2.54. The summed E-state index contributed by atoms with van der Waals surface area (Å²) in [5.41, 5.74) is -2.56. The third-order valence-corrected chi connectivity index (χ3v) is 2.56. The highest BCUT2D eigenvalue weighted by molar-refractivity contribution is 6.08. The number of carboxylic acid groups (broad SMARTS) is 1. The molecule has 3 atom stereocenters. The second-order valence-corrected chi connectivity index (χ2v) is 4.04. The van der Waals surface area contributed by atoms with Gasteiger partial charge in [0.25, 0.3) is 5.91 Å². The first-order chi connectivity index (χ1) is 7.53. The van der Waals surface area contributed by atoms with Crippen LogP contribution in [0.25, 0.3) is 0 Å². The van der Waals surface area contributed by atoms with Crippen LogP contribution in [0.3, 0.4) is 0 Å². The topological polar surface area (TPSA) is 115 Å². The average Bonchev–Trinajstić information content (AvgIpc) is 2.24. The Balaban J connectivity index is 4.95. The van der Waals surface area contributed by atoms with Crippen LogP contribution in [0.2, 0.25) is 0 Å². The van der Waals surface area contributed by atoms with E-state index < -0.39 is 35.4 Å². The van der Waals surface area contributed by atoms with Gasteiger partial charge in [-0.2, -0.15) is 0 Å². The van der Waals surface area contributed by atoms with E-state index >= 15 is 0 Å². The lowest BCUT2D eigenvalue weighted by molar-refractivity contribution is -0.166. The molecule has 0 spiro atoms. The highest BCUT2D eigenvalue weighted by Crippen LogP contribution is 2.12. The van der Waals surface area contributed by atoms with E-state index in [4.69, 9.17) is 10.2 Å². The Kier molecular flexibility index (Phi) is 4.79. The number of carboxylic acids is 1. The number of rotatable bonds is 5. The summed E-state index contributed by atoms with van der Waals surface area (Å²) >= 11 is 0. The lowest BCUT2D eigenvalue weighted by Gasteiger charge is -2.29. The van der Waals surface area contributed by atoms with Crippen molar-refractivity contribution in [3.63, 3.8) is 0 Å². The van der Waals surface area contributed by atoms with Crippen LogP contribution in [-0.4, -0.2) is 62.7 Å². The smallest absolute Gasteiger partial charge is 0.343 e. The number of Topliss-reactive ketones (excluding diaryl/α,β-unsaturated/α-hetero) is 1. The van der Waals surface area contributed by atoms with Crippen LogP contribution in [0.15, 0.2) is 0 Å². The molecule has 3 N–H and O–H groups in total. The van der Waals surface area contributed by atoms with Crippen LogP contribution >= 0.6 is 0 Å². The van der Waals surface area contributed by atoms with Gasteiger partial charge >= 0.3 is 5.97 Å². The maximum Gasteiger partial charge on any atom is 0.343 e. The summed E-state index contributed by atoms with van der Waals surface area (Å²) in [5, 5.41) is 27.2. The van der Waals surface area contributed by atoms with E-state index in [1.807, 2.05) is 0 Å². The van der Waals surface area contributed by atoms with Crippen molar-refractivity contribution in [2.24, 2.45) is 0 Å². The summed E-state index contributed by atoms with van der Waals surface area (Å²) in [7, 11) is 1.25. The monoisotopic (exact) mass is 247 g/mol. The van der Waals surface area contributed by atoms with Crippen LogP contribution in [0.1, 0.15) is 20.8 Å². The molecule has 0 aliphatic rings. The number of nitrogens with zero attached hydrogens (tertiary/aromatic N) is 1. The van der Waals surface area contributed by atoms with Crippen molar-refractivity contribution in [2.75, 3.05) is 7.05 Å². The number of hydrogen-bond acceptors (Lipinski definition) is 5. The second-order valence-electron chi connectivity index (χ2n) is 4.04. The number of carbonyl (C=O) groups is 3. The van der Waals surface area contributed by atoms with Gasteiger partial charge in [0.1, 0.15) is 6.10 Å². The van der Waals surface area contributed by atoms with Crippen LogP contribution in [-0.2, 0) is 14.4 Å². The molecular weight excluding hydrogens is 230 g/mol. The highest BCUT2D eigenvalue weighted by Gasteiger charge is 2.43. The normalized spacial score (nSPS) is 17.8. The summed E-state index contributed by atoms with van der Waals surface area (Å²) in [6, 6.07) is -1.15. The number of aliphatic hydroxyl groups excluding tert-OH is 1. The molecule has 0 aliphatic heterocycles. The first-order valence-corrected chi connectivity index (χ1v) is 4.98. The number of aliphatic carboxylic acids is 1. The number of likely N-dealkylation sites (N-methyl/N-ethyl adjacent to an activating group) is 1. The molecule has 0 aromatic rings. The van der Waals surface area contributed by atoms with E-state index in [0.717, 1.165) is 11.8 Å². The van der Waals surface area contributed by atoms with E-state index in [0.29, 0.717) is 0 Å². The van der Waals surface area contributed by atoms with Gasteiger partial charge in [-0.3, -0.25) is 9.59 Å². The standard InChI is InChI=1S/C10H17NO6/c1-5(11(4)8(14)6(2)12)7(13)10(3,17)9(15)16/h5-6,12,17H,1-4H3,(H,15,16)/t5-,6+,10-/m0/s1. The molecule has 0 aromatic heterocycles. The van der Waals surface area contributed by atoms with E-state index in [2.05, 4.69) is 0 Å². The second kappa shape index (κ2) is 5.24. The molecule has 0 radical (unpaired) electrons. The first-order valence-electron chi connectivity index (χ1n) is 4.98. The largest absolute Gasteiger partial charge is 0.479 e. The van der Waals surface area contributed by atoms with Gasteiger partial charge < -0.3 is 20.2 Å². The summed E-state index contributed by atoms with van der Waals surface area (Å²) in [4.78, 5) is 34.6. The molecule has 0 saturated heterocycles. The van der Waals surface area contributed by atoms with Crippen molar-refractivity contribution in [1.29, 1.82) is 0 Å². The Morgan fingerprint density at radius 2 is 1.65 bits per heavy atom. The number of hydrogen-bond donors (Lipinski definition) is 3. The molecule has 0 aliphatic carbocycles. The molecule has 0 fully saturated rings. The Morgan fingerprint density at radius 1 is 1.24 bits per heavy atom. The van der Waals surface area contributed by atoms with Gasteiger partial charge in [0.2, 0.25) is 5.60 Å². The van der Waals surface area contributed by atoms with E-state index in [1.165, 1.54) is 20.9 Å². The van der Waals surface area contributed by atoms with Crippen molar-refractivity contribution in [3.05, 3.63) is 0 Å². The van der Waals surface area contributed by atoms with Crippen LogP contribution in [0.4, 0.5) is 0 Å². The molecule has 0 saturated carbocycles. The highest BCUT2D eigenvalue weighted by atomic mass is 16.4. The number of aliphatic hydroxyl groups is 2. The minimum atomic E-state index is -2.56. The van der Waals surface area contributed by atoms with E-state index in [9.17, 15) is 19.5 Å². The van der Waals surface area contributed by atoms with Gasteiger partial charge in [0.05, 0.1) is 6.04 Å². The molecular formula is C10H17NO6. The lowest BCUT2D eigenvalue weighted by atomic mass is 9.95. The minimum Gasteiger partial charge on any atom is -0.479 e. The zero-order chi connectivity index (χ0) is 14.0. The van der Waals surface area contributed by atoms with Crippen molar-refractivity contribution in [1.82, 2.24) is 4.90 Å². The quantitative estimate of drug-likeness (QED) is 0.516. The molecule has 0 heterocycles. The van der Waals surface area contributed by atoms with Gasteiger partial charge in [-0.25, -0.2) is 4.79 Å². The molecule has 0 bridgehead atoms. The zero-order valence-electron chi connectivity index (χ0n) is 10.2. The van der Waals surface area contributed by atoms with Gasteiger partial charge in [0, 0.05) is 7.05 Å². The van der Waals surface area contributed by atoms with E-state index in [1.54, 1.807) is 0 Å². The number of carbonyl (C=O) groups excluding carboxylic acids is 2. The van der Waals surface area contributed by atoms with Crippen LogP contribution in [0, 0.1) is 0 Å². The fourth-order valence-electron chi connectivity index (χ4n) is 1.17. The molecule has 0 unspecified atom stereocenters. The molecule has 1 amide bonds. The predicted octanol–water partition coefficient (Wildman–Crippen LogP) is -1.38. The summed E-state index contributed by atoms with van der Waals surface area (Å²) in [6.07, 6.45) is -1.30. The summed E-state index contributed by atoms with van der Waals surface area (Å²) in [5.74, 6) is -3.44. The van der Waals surface area contributed by atoms with Crippen molar-refractivity contribution >= 4 is 17.7 Å². The third kappa shape index (κ3) is 3.24. The van der Waals surface area contributed by atoms with Crippen molar-refractivity contribution < 1.29 is 29.7 Å². The number of ketones is 1. The Labute approximate surface area is 98.7 Å². The first kappa shape index (κ1) is 15.5. The van der Waals surface area contributed by atoms with Gasteiger partial charge in [0.15, 0.2) is 5.78 Å². The average molecular weight is 247 g/mol. The van der Waals surface area contributed by atoms with Gasteiger partial charge in [-0.05, 0) is 20.8 Å². The molecule has 7 nitrogen and oxygen atoms in total. The Bertz CT molecular complexity index is 336. The fourth-order valence-corrected chi connectivity index (χ4v) is 1.17. The Hall–Kier alpha value is -1.47. The van der Waals surface area contributed by atoms with E-state index in [-0.39, 0.29) is 0 Å². The van der Waals surface area contributed by atoms with Gasteiger partial charge in [-0.1, -0.05) is 0 Å². The molecule has 0 rings (SSSR count). The predicted molar refractivity (Wildman–Crippen MR) is 57.2 cm³/mol. The summed E-state index contributed by atoms with van der Waals surface area (Å²) < 4.78 is 0. The van der Waals surface area contributed by atoms with Crippen molar-refractivity contribution in [3.8, 4) is 0 Å². The van der Waals surface area contributed by atoms with Crippen LogP contribution in [0.5, 0.6) is 0 Å². The third-order valence-electron chi connectivity index (χ3n) is 2.56. The number of amides is 1. The molecule has 7 heteroatoms. The van der Waals surface area contributed by atoms with Gasteiger partial charge in [-0.15, -0.1) is 0 Å². The minimum absolute atomic E-state index is 0.730. The maximum atomic E-state index is 11.7. The molecule has 0 aromatic carbocycles. The van der Waals surface area contributed by atoms with Crippen LogP contribution < -0.4 is 0 Å². The Morgan fingerprint density at radius 3 is 1.94 bits per heavy atom. The summed E-state index contributed by atoms with van der Waals surface area (Å²) in [6.45, 7) is 3.35. The van der Waals surface area contributed by atoms with Crippen molar-refractivity contribution in [2.45, 2.75) is 38.5 Å². The fraction of sp³-hybridized carbons (Fsp3) is 0.700. The zero-order valence-corrected chi connectivity index (χ0v) is 10.2. The maximum absolute atomic E-state index is 11.7. The SMILES string of the molecule is C[C@@H](O)C(=O)N(C)[C@@H](C)C(=O)[C@](C)(O)C(=O)O.